The first kappa shape index (κ1) is 39.5. The molecule has 1 aliphatic heterocycles. The quantitative estimate of drug-likeness (QED) is 0.140. The van der Waals surface area contributed by atoms with Crippen LogP contribution in [0.2, 0.25) is 10.0 Å². The van der Waals surface area contributed by atoms with E-state index in [4.69, 9.17) is 47.2 Å². The summed E-state index contributed by atoms with van der Waals surface area (Å²) in [5.41, 5.74) is -0.768. The van der Waals surface area contributed by atoms with Crippen molar-refractivity contribution >= 4 is 50.9 Å². The number of hydrogen-bond acceptors (Lipinski definition) is 7. The molecule has 9 rings (SSSR count). The molecule has 3 unspecified atom stereocenters. The second-order valence-electron chi connectivity index (χ2n) is 18.9. The Morgan fingerprint density at radius 2 is 1.53 bits per heavy atom. The normalized spacial score (nSPS) is 31.3. The lowest BCUT2D eigenvalue weighted by atomic mass is 9.53. The Morgan fingerprint density at radius 1 is 0.873 bits per heavy atom. The lowest BCUT2D eigenvalue weighted by molar-refractivity contribution is -0.390. The Bertz CT molecular complexity index is 1930. The molecule has 3 aromatic rings. The van der Waals surface area contributed by atoms with Gasteiger partial charge in [0.25, 0.3) is 0 Å². The van der Waals surface area contributed by atoms with Gasteiger partial charge < -0.3 is 14.2 Å². The number of benzene rings is 3. The number of carbonyl (C=O) groups excluding carboxylic acids is 1. The maximum absolute atomic E-state index is 14.1. The molecular formula is C43H52Cl2F3NO6. The van der Waals surface area contributed by atoms with Gasteiger partial charge in [-0.15, -0.1) is 0 Å². The van der Waals surface area contributed by atoms with E-state index in [0.717, 1.165) is 49.7 Å². The van der Waals surface area contributed by atoms with Gasteiger partial charge in [-0.05, 0) is 145 Å². The zero-order valence-corrected chi connectivity index (χ0v) is 34.0. The highest BCUT2D eigenvalue weighted by Gasteiger charge is 2.67. The van der Waals surface area contributed by atoms with Gasteiger partial charge in [-0.3, -0.25) is 4.90 Å². The number of alkyl halides is 3. The zero-order chi connectivity index (χ0) is 39.3. The fraction of sp³-hybridized carbons (Fsp3) is 0.651. The molecule has 0 radical (unpaired) electrons. The Labute approximate surface area is 331 Å². The summed E-state index contributed by atoms with van der Waals surface area (Å²) in [7, 11) is 0. The van der Waals surface area contributed by atoms with Crippen molar-refractivity contribution in [3.8, 4) is 0 Å². The van der Waals surface area contributed by atoms with Crippen molar-refractivity contribution in [3.05, 3.63) is 57.6 Å². The van der Waals surface area contributed by atoms with E-state index in [2.05, 4.69) is 46.4 Å². The van der Waals surface area contributed by atoms with E-state index < -0.39 is 41.7 Å². The summed E-state index contributed by atoms with van der Waals surface area (Å²) in [6.45, 7) is 13.3. The Hall–Kier alpha value is -2.34. The number of ether oxygens (including phenoxy) is 3. The first-order chi connectivity index (χ1) is 25.7. The molecule has 300 valence electrons. The fourth-order valence-electron chi connectivity index (χ4n) is 11.2. The molecule has 5 saturated carbocycles. The van der Waals surface area contributed by atoms with Crippen LogP contribution in [0.1, 0.15) is 123 Å². The highest BCUT2D eigenvalue weighted by molar-refractivity contribution is 6.39. The van der Waals surface area contributed by atoms with Crippen molar-refractivity contribution in [1.29, 1.82) is 0 Å². The van der Waals surface area contributed by atoms with Gasteiger partial charge in [-0.2, -0.15) is 22.9 Å². The summed E-state index contributed by atoms with van der Waals surface area (Å²) in [4.78, 5) is 28.6. The minimum atomic E-state index is -4.58. The van der Waals surface area contributed by atoms with Gasteiger partial charge in [0, 0.05) is 69.7 Å². The van der Waals surface area contributed by atoms with Crippen LogP contribution in [0.25, 0.3) is 21.5 Å². The molecule has 3 atom stereocenters. The minimum Gasteiger partial charge on any atom is -0.431 e. The van der Waals surface area contributed by atoms with Gasteiger partial charge in [0.05, 0.1) is 5.56 Å². The lowest BCUT2D eigenvalue weighted by Gasteiger charge is -2.57. The summed E-state index contributed by atoms with van der Waals surface area (Å²) in [6.07, 6.45) is 1.43. The molecule has 2 spiro atoms. The highest BCUT2D eigenvalue weighted by atomic mass is 35.5. The molecule has 0 N–H and O–H groups in total. The average molecular weight is 807 g/mol. The second-order valence-corrected chi connectivity index (χ2v) is 19.7. The van der Waals surface area contributed by atoms with Gasteiger partial charge in [-0.1, -0.05) is 29.3 Å². The summed E-state index contributed by atoms with van der Waals surface area (Å²) in [6, 6.07) is 8.58. The Balaban J connectivity index is 1.09. The second kappa shape index (κ2) is 13.9. The largest absolute Gasteiger partial charge is 0.509 e. The van der Waals surface area contributed by atoms with Gasteiger partial charge in [-0.25, -0.2) is 4.79 Å². The van der Waals surface area contributed by atoms with E-state index in [0.29, 0.717) is 82.6 Å². The molecule has 5 aliphatic carbocycles. The van der Waals surface area contributed by atoms with Gasteiger partial charge in [0.1, 0.15) is 12.2 Å². The molecular weight excluding hydrogens is 754 g/mol. The van der Waals surface area contributed by atoms with Crippen LogP contribution in [0.15, 0.2) is 36.4 Å². The van der Waals surface area contributed by atoms with E-state index in [1.165, 1.54) is 12.5 Å². The first-order valence-corrected chi connectivity index (χ1v) is 20.6. The van der Waals surface area contributed by atoms with Crippen molar-refractivity contribution in [2.24, 2.45) is 23.7 Å². The molecule has 3 aromatic carbocycles. The van der Waals surface area contributed by atoms with E-state index in [1.54, 1.807) is 18.2 Å². The monoisotopic (exact) mass is 805 g/mol. The van der Waals surface area contributed by atoms with Crippen molar-refractivity contribution < 1.29 is 42.0 Å². The number of rotatable bonds is 6. The summed E-state index contributed by atoms with van der Waals surface area (Å²) in [5.74, 6) is 0.360. The predicted molar refractivity (Wildman–Crippen MR) is 206 cm³/mol. The van der Waals surface area contributed by atoms with E-state index in [-0.39, 0.29) is 16.1 Å². The van der Waals surface area contributed by atoms with Gasteiger partial charge in [0.2, 0.25) is 11.6 Å². The summed E-state index contributed by atoms with van der Waals surface area (Å²) >= 11 is 13.1. The van der Waals surface area contributed by atoms with Crippen molar-refractivity contribution in [2.45, 2.75) is 147 Å². The maximum Gasteiger partial charge on any atom is 0.509 e. The standard InChI is InChI=1S/C43H52Cl2F3NO6/c1-39(2,3)49(40(4,5)6)13-11-37(35-22-34-33(20-29(44)21-36(34)45)32-19-26(43(46,47)48)9-10-31(32)35)52-38(50)51-30-8-7-12-41(23-30)53-42(55-54-41)27-15-24-14-25(17-27)18-28(42)16-24/h9-10,19-22,24-25,27-28,30,37H,7-8,11-18,23H2,1-6H3. The van der Waals surface area contributed by atoms with Crippen LogP contribution in [0.5, 0.6) is 0 Å². The number of hydrogen-bond donors (Lipinski definition) is 0. The third-order valence-corrected chi connectivity index (χ3v) is 13.5. The topological polar surface area (TPSA) is 66.5 Å². The minimum absolute atomic E-state index is 0.245. The van der Waals surface area contributed by atoms with Crippen LogP contribution in [0.3, 0.4) is 0 Å². The van der Waals surface area contributed by atoms with Crippen molar-refractivity contribution in [2.75, 3.05) is 6.54 Å². The number of nitrogens with zero attached hydrogens (tertiary/aromatic N) is 1. The van der Waals surface area contributed by atoms with Gasteiger partial charge in [0.15, 0.2) is 0 Å². The fourth-order valence-corrected chi connectivity index (χ4v) is 11.7. The molecule has 6 fully saturated rings. The maximum atomic E-state index is 14.1. The molecule has 0 amide bonds. The number of carbonyl (C=O) groups is 1. The molecule has 55 heavy (non-hydrogen) atoms. The molecule has 6 aliphatic rings. The van der Waals surface area contributed by atoms with Crippen LogP contribution in [0, 0.1) is 23.7 Å². The summed E-state index contributed by atoms with van der Waals surface area (Å²) < 4.78 is 61.5. The molecule has 7 nitrogen and oxygen atoms in total. The molecule has 1 saturated heterocycles. The number of halogens is 5. The zero-order valence-electron chi connectivity index (χ0n) is 32.5. The van der Waals surface area contributed by atoms with Crippen LogP contribution >= 0.6 is 23.2 Å². The third kappa shape index (κ3) is 7.46. The third-order valence-electron chi connectivity index (χ3n) is 13.0. The van der Waals surface area contributed by atoms with Crippen LogP contribution in [-0.4, -0.2) is 46.4 Å². The van der Waals surface area contributed by atoms with E-state index in [9.17, 15) is 18.0 Å². The summed E-state index contributed by atoms with van der Waals surface area (Å²) in [5, 5.41) is 2.35. The van der Waals surface area contributed by atoms with Gasteiger partial charge >= 0.3 is 12.3 Å². The SMILES string of the molecule is CC(C)(C)N(CCC(OC(=O)OC1CCCC2(C1)OOC1(O2)C2CC3CC(C2)CC1C3)c1cc2c(Cl)cc(Cl)cc2c2cc(C(F)(F)F)ccc12)C(C)(C)C. The first-order valence-electron chi connectivity index (χ1n) is 19.9. The average Bonchev–Trinajstić information content (AvgIpc) is 3.43. The molecule has 12 heteroatoms. The Morgan fingerprint density at radius 3 is 2.16 bits per heavy atom. The van der Waals surface area contributed by atoms with Crippen molar-refractivity contribution in [3.63, 3.8) is 0 Å². The lowest BCUT2D eigenvalue weighted by Crippen LogP contribution is -2.59. The smallest absolute Gasteiger partial charge is 0.431 e. The van der Waals surface area contributed by atoms with Crippen molar-refractivity contribution in [1.82, 2.24) is 4.90 Å². The highest BCUT2D eigenvalue weighted by Crippen LogP contribution is 2.64. The Kier molecular flexibility index (Phi) is 9.98. The van der Waals surface area contributed by atoms with Crippen LogP contribution in [0.4, 0.5) is 18.0 Å². The molecule has 4 bridgehead atoms. The predicted octanol–water partition coefficient (Wildman–Crippen LogP) is 12.6. The molecule has 1 heterocycles. The molecule has 0 aromatic heterocycles. The van der Waals surface area contributed by atoms with E-state index >= 15 is 0 Å². The van der Waals surface area contributed by atoms with Crippen LogP contribution in [-0.2, 0) is 30.2 Å². The number of fused-ring (bicyclic) bond motifs is 3. The van der Waals surface area contributed by atoms with Crippen LogP contribution < -0.4 is 0 Å². The van der Waals surface area contributed by atoms with E-state index in [1.807, 2.05) is 0 Å².